The number of amides is 1. The summed E-state index contributed by atoms with van der Waals surface area (Å²) in [5.74, 6) is -1.42. The first kappa shape index (κ1) is 22.8. The van der Waals surface area contributed by atoms with E-state index in [-0.39, 0.29) is 21.3 Å². The lowest BCUT2D eigenvalue weighted by atomic mass is 10.2. The normalized spacial score (nSPS) is 14.3. The van der Waals surface area contributed by atoms with Crippen LogP contribution in [0, 0.1) is 10.1 Å². The number of nitro groups is 1. The number of aromatic nitrogens is 1. The second kappa shape index (κ2) is 9.21. The average Bonchev–Trinajstić information content (AvgIpc) is 3.47. The lowest BCUT2D eigenvalue weighted by molar-refractivity contribution is -0.384. The summed E-state index contributed by atoms with van der Waals surface area (Å²) in [6.45, 7) is 0.377. The fourth-order valence-corrected chi connectivity index (χ4v) is 5.72. The molecule has 4 rings (SSSR count). The molecule has 0 spiro atoms. The molecule has 1 saturated heterocycles. The summed E-state index contributed by atoms with van der Waals surface area (Å²) < 4.78 is 32.0. The van der Waals surface area contributed by atoms with Gasteiger partial charge in [-0.2, -0.15) is 4.31 Å². The number of carbonyl (C=O) groups excluding carboxylic acids is 2. The third kappa shape index (κ3) is 4.99. The number of thiazole rings is 1. The van der Waals surface area contributed by atoms with Gasteiger partial charge in [0.1, 0.15) is 0 Å². The number of ether oxygens (including phenoxy) is 1. The second-order valence-electron chi connectivity index (χ2n) is 7.19. The van der Waals surface area contributed by atoms with Crippen LogP contribution in [-0.2, 0) is 19.6 Å². The van der Waals surface area contributed by atoms with Crippen LogP contribution in [0.1, 0.15) is 23.2 Å². The van der Waals surface area contributed by atoms with E-state index in [0.717, 1.165) is 24.2 Å². The molecule has 1 aliphatic heterocycles. The standard InChI is InChI=1S/C20H18N4O7S2/c25-18(22-20-21-16-8-5-14(24(27)28)11-17(16)32-20)12-31-19(26)13-3-6-15(7-4-13)33(29,30)23-9-1-2-10-23/h3-8,11H,1-2,9-10,12H2,(H,21,22,25). The third-order valence-corrected chi connectivity index (χ3v) is 7.80. The number of fused-ring (bicyclic) bond motifs is 1. The van der Waals surface area contributed by atoms with E-state index in [4.69, 9.17) is 4.74 Å². The van der Waals surface area contributed by atoms with Crippen molar-refractivity contribution in [1.29, 1.82) is 0 Å². The molecule has 2 aromatic carbocycles. The zero-order valence-corrected chi connectivity index (χ0v) is 18.7. The molecule has 0 aliphatic carbocycles. The van der Waals surface area contributed by atoms with Gasteiger partial charge in [0.15, 0.2) is 11.7 Å². The largest absolute Gasteiger partial charge is 0.452 e. The number of anilines is 1. The lowest BCUT2D eigenvalue weighted by Crippen LogP contribution is -2.27. The number of carbonyl (C=O) groups is 2. The fraction of sp³-hybridized carbons (Fsp3) is 0.250. The molecular weight excluding hydrogens is 472 g/mol. The van der Waals surface area contributed by atoms with E-state index in [0.29, 0.717) is 23.3 Å². The number of hydrogen-bond donors (Lipinski definition) is 1. The predicted molar refractivity (Wildman–Crippen MR) is 120 cm³/mol. The summed E-state index contributed by atoms with van der Waals surface area (Å²) in [7, 11) is -3.59. The first-order chi connectivity index (χ1) is 15.7. The van der Waals surface area contributed by atoms with E-state index in [1.54, 1.807) is 0 Å². The molecule has 11 nitrogen and oxygen atoms in total. The third-order valence-electron chi connectivity index (χ3n) is 4.96. The maximum absolute atomic E-state index is 12.5. The van der Waals surface area contributed by atoms with Gasteiger partial charge in [0.05, 0.1) is 25.6 Å². The Hall–Kier alpha value is -3.42. The van der Waals surface area contributed by atoms with Crippen molar-refractivity contribution in [3.8, 4) is 0 Å². The SMILES string of the molecule is O=C(COC(=O)c1ccc(S(=O)(=O)N2CCCC2)cc1)Nc1nc2ccc([N+](=O)[O-])cc2s1. The lowest BCUT2D eigenvalue weighted by Gasteiger charge is -2.15. The van der Waals surface area contributed by atoms with Crippen LogP contribution in [0.3, 0.4) is 0 Å². The summed E-state index contributed by atoms with van der Waals surface area (Å²) in [5.41, 5.74) is 0.509. The van der Waals surface area contributed by atoms with Crippen LogP contribution in [0.15, 0.2) is 47.4 Å². The van der Waals surface area contributed by atoms with Crippen LogP contribution in [0.5, 0.6) is 0 Å². The van der Waals surface area contributed by atoms with Crippen molar-refractivity contribution < 1.29 is 27.7 Å². The maximum atomic E-state index is 12.5. The Morgan fingerprint density at radius 2 is 1.85 bits per heavy atom. The number of sulfonamides is 1. The minimum Gasteiger partial charge on any atom is -0.452 e. The van der Waals surface area contributed by atoms with Gasteiger partial charge in [0, 0.05) is 25.2 Å². The van der Waals surface area contributed by atoms with Crippen molar-refractivity contribution in [3.05, 3.63) is 58.1 Å². The highest BCUT2D eigenvalue weighted by atomic mass is 32.2. The van der Waals surface area contributed by atoms with Crippen LogP contribution >= 0.6 is 11.3 Å². The molecule has 172 valence electrons. The minimum absolute atomic E-state index is 0.0859. The number of nitro benzene ring substituents is 1. The Bertz CT molecular complexity index is 1330. The molecule has 1 aliphatic rings. The smallest absolute Gasteiger partial charge is 0.338 e. The quantitative estimate of drug-likeness (QED) is 0.302. The first-order valence-corrected chi connectivity index (χ1v) is 12.1. The summed E-state index contributed by atoms with van der Waals surface area (Å²) >= 11 is 1.05. The van der Waals surface area contributed by atoms with Crippen LogP contribution in [0.4, 0.5) is 10.8 Å². The average molecular weight is 491 g/mol. The molecule has 2 heterocycles. The Balaban J connectivity index is 1.34. The van der Waals surface area contributed by atoms with E-state index in [1.165, 1.54) is 46.8 Å². The van der Waals surface area contributed by atoms with E-state index < -0.39 is 33.4 Å². The van der Waals surface area contributed by atoms with Gasteiger partial charge in [-0.05, 0) is 43.2 Å². The molecule has 1 amide bonds. The summed E-state index contributed by atoms with van der Waals surface area (Å²) in [4.78, 5) is 38.9. The number of rotatable bonds is 7. The molecule has 1 fully saturated rings. The molecule has 1 aromatic heterocycles. The van der Waals surface area contributed by atoms with E-state index in [2.05, 4.69) is 10.3 Å². The maximum Gasteiger partial charge on any atom is 0.338 e. The molecule has 0 atom stereocenters. The summed E-state index contributed by atoms with van der Waals surface area (Å²) in [6.07, 6.45) is 1.64. The number of benzene rings is 2. The molecule has 1 N–H and O–H groups in total. The molecular formula is C20H18N4O7S2. The second-order valence-corrected chi connectivity index (χ2v) is 10.2. The molecule has 0 unspecified atom stereocenters. The summed E-state index contributed by atoms with van der Waals surface area (Å²) in [6, 6.07) is 9.50. The van der Waals surface area contributed by atoms with Gasteiger partial charge >= 0.3 is 5.97 Å². The van der Waals surface area contributed by atoms with E-state index >= 15 is 0 Å². The van der Waals surface area contributed by atoms with Gasteiger partial charge in [-0.1, -0.05) is 11.3 Å². The van der Waals surface area contributed by atoms with Crippen molar-refractivity contribution in [3.63, 3.8) is 0 Å². The van der Waals surface area contributed by atoms with Gasteiger partial charge in [0.2, 0.25) is 10.0 Å². The highest BCUT2D eigenvalue weighted by molar-refractivity contribution is 7.89. The van der Waals surface area contributed by atoms with Crippen molar-refractivity contribution >= 4 is 54.3 Å². The highest BCUT2D eigenvalue weighted by Crippen LogP contribution is 2.29. The monoisotopic (exact) mass is 490 g/mol. The Morgan fingerprint density at radius 1 is 1.15 bits per heavy atom. The van der Waals surface area contributed by atoms with Crippen LogP contribution < -0.4 is 5.32 Å². The van der Waals surface area contributed by atoms with Gasteiger partial charge in [-0.25, -0.2) is 18.2 Å². The zero-order valence-electron chi connectivity index (χ0n) is 17.1. The topological polar surface area (TPSA) is 149 Å². The van der Waals surface area contributed by atoms with Crippen LogP contribution in [0.25, 0.3) is 10.2 Å². The van der Waals surface area contributed by atoms with Crippen LogP contribution in [-0.4, -0.2) is 54.2 Å². The zero-order chi connectivity index (χ0) is 23.6. The van der Waals surface area contributed by atoms with Crippen LogP contribution in [0.2, 0.25) is 0 Å². The Labute approximate surface area is 192 Å². The van der Waals surface area contributed by atoms with Gasteiger partial charge in [0.25, 0.3) is 11.6 Å². The van der Waals surface area contributed by atoms with Gasteiger partial charge in [-0.15, -0.1) is 0 Å². The van der Waals surface area contributed by atoms with Crippen molar-refractivity contribution in [2.75, 3.05) is 25.0 Å². The minimum atomic E-state index is -3.59. The first-order valence-electron chi connectivity index (χ1n) is 9.86. The number of nitrogens with zero attached hydrogens (tertiary/aromatic N) is 3. The fourth-order valence-electron chi connectivity index (χ4n) is 3.29. The molecule has 13 heteroatoms. The van der Waals surface area contributed by atoms with E-state index in [9.17, 15) is 28.1 Å². The highest BCUT2D eigenvalue weighted by Gasteiger charge is 2.27. The molecule has 0 radical (unpaired) electrons. The Kier molecular flexibility index (Phi) is 6.35. The van der Waals surface area contributed by atoms with Crippen molar-refractivity contribution in [1.82, 2.24) is 9.29 Å². The predicted octanol–water partition coefficient (Wildman–Crippen LogP) is 2.78. The summed E-state index contributed by atoms with van der Waals surface area (Å²) in [5, 5.41) is 13.6. The van der Waals surface area contributed by atoms with Crippen molar-refractivity contribution in [2.24, 2.45) is 0 Å². The molecule has 0 bridgehead atoms. The van der Waals surface area contributed by atoms with Gasteiger partial charge in [-0.3, -0.25) is 20.2 Å². The number of esters is 1. The van der Waals surface area contributed by atoms with Gasteiger partial charge < -0.3 is 4.74 Å². The van der Waals surface area contributed by atoms with Crippen molar-refractivity contribution in [2.45, 2.75) is 17.7 Å². The number of hydrogen-bond acceptors (Lipinski definition) is 9. The number of nitrogens with one attached hydrogen (secondary N) is 1. The molecule has 0 saturated carbocycles. The molecule has 33 heavy (non-hydrogen) atoms. The Morgan fingerprint density at radius 3 is 2.52 bits per heavy atom. The van der Waals surface area contributed by atoms with E-state index in [1.807, 2.05) is 0 Å². The molecule has 3 aromatic rings. The number of non-ortho nitro benzene ring substituents is 1.